The molecular formula is C9H16N4O. The highest BCUT2D eigenvalue weighted by atomic mass is 16.5. The first-order valence-electron chi connectivity index (χ1n) is 4.84. The molecule has 3 N–H and O–H groups in total. The molecule has 0 radical (unpaired) electrons. The van der Waals surface area contributed by atoms with E-state index in [1.165, 1.54) is 0 Å². The smallest absolute Gasteiger partial charge is 0.127 e. The third-order valence-corrected chi connectivity index (χ3v) is 2.75. The SMILES string of the molecule is Cn1ccnc1C(NN)C1CCOC1. The van der Waals surface area contributed by atoms with Crippen LogP contribution in [0.2, 0.25) is 0 Å². The summed E-state index contributed by atoms with van der Waals surface area (Å²) in [5, 5.41) is 0. The molecule has 0 aromatic carbocycles. The van der Waals surface area contributed by atoms with Gasteiger partial charge in [0.25, 0.3) is 0 Å². The Balaban J connectivity index is 2.16. The normalized spacial score (nSPS) is 24.0. The van der Waals surface area contributed by atoms with Crippen molar-refractivity contribution < 1.29 is 4.74 Å². The maximum atomic E-state index is 5.55. The van der Waals surface area contributed by atoms with E-state index < -0.39 is 0 Å². The number of nitrogens with zero attached hydrogens (tertiary/aromatic N) is 2. The molecule has 2 heterocycles. The van der Waals surface area contributed by atoms with Crippen molar-refractivity contribution in [2.45, 2.75) is 12.5 Å². The summed E-state index contributed by atoms with van der Waals surface area (Å²) in [6.45, 7) is 1.59. The molecular weight excluding hydrogens is 180 g/mol. The number of nitrogens with one attached hydrogen (secondary N) is 1. The maximum absolute atomic E-state index is 5.55. The lowest BCUT2D eigenvalue weighted by molar-refractivity contribution is 0.175. The van der Waals surface area contributed by atoms with Crippen LogP contribution in [0.25, 0.3) is 0 Å². The number of hydrazine groups is 1. The molecule has 1 aromatic rings. The summed E-state index contributed by atoms with van der Waals surface area (Å²) in [6.07, 6.45) is 4.76. The van der Waals surface area contributed by atoms with E-state index in [2.05, 4.69) is 10.4 Å². The molecule has 1 saturated heterocycles. The zero-order valence-electron chi connectivity index (χ0n) is 8.31. The second kappa shape index (κ2) is 4.08. The fourth-order valence-corrected chi connectivity index (χ4v) is 1.91. The summed E-state index contributed by atoms with van der Waals surface area (Å²) in [5.74, 6) is 6.96. The van der Waals surface area contributed by atoms with E-state index in [9.17, 15) is 0 Å². The number of nitrogens with two attached hydrogens (primary N) is 1. The van der Waals surface area contributed by atoms with E-state index in [-0.39, 0.29) is 6.04 Å². The highest BCUT2D eigenvalue weighted by Gasteiger charge is 2.28. The maximum Gasteiger partial charge on any atom is 0.127 e. The van der Waals surface area contributed by atoms with Crippen LogP contribution in [0, 0.1) is 5.92 Å². The van der Waals surface area contributed by atoms with Gasteiger partial charge in [-0.15, -0.1) is 0 Å². The van der Waals surface area contributed by atoms with Gasteiger partial charge in [-0.1, -0.05) is 0 Å². The van der Waals surface area contributed by atoms with Crippen LogP contribution >= 0.6 is 0 Å². The number of hydrogen-bond acceptors (Lipinski definition) is 4. The number of imidazole rings is 1. The Kier molecular flexibility index (Phi) is 2.81. The van der Waals surface area contributed by atoms with Gasteiger partial charge in [-0.25, -0.2) is 10.4 Å². The molecule has 1 fully saturated rings. The van der Waals surface area contributed by atoms with E-state index in [0.29, 0.717) is 5.92 Å². The minimum Gasteiger partial charge on any atom is -0.381 e. The average molecular weight is 196 g/mol. The van der Waals surface area contributed by atoms with Crippen LogP contribution < -0.4 is 11.3 Å². The van der Waals surface area contributed by atoms with Crippen molar-refractivity contribution in [1.29, 1.82) is 0 Å². The van der Waals surface area contributed by atoms with Crippen molar-refractivity contribution in [3.8, 4) is 0 Å². The molecule has 2 atom stereocenters. The largest absolute Gasteiger partial charge is 0.381 e. The van der Waals surface area contributed by atoms with E-state index in [4.69, 9.17) is 10.6 Å². The molecule has 0 bridgehead atoms. The van der Waals surface area contributed by atoms with Crippen molar-refractivity contribution in [3.05, 3.63) is 18.2 Å². The van der Waals surface area contributed by atoms with Gasteiger partial charge < -0.3 is 9.30 Å². The predicted molar refractivity (Wildman–Crippen MR) is 52.2 cm³/mol. The second-order valence-corrected chi connectivity index (χ2v) is 3.66. The van der Waals surface area contributed by atoms with Crippen molar-refractivity contribution in [2.24, 2.45) is 18.8 Å². The molecule has 0 spiro atoms. The molecule has 2 rings (SSSR count). The van der Waals surface area contributed by atoms with Gasteiger partial charge in [-0.2, -0.15) is 0 Å². The van der Waals surface area contributed by atoms with Crippen LogP contribution in [0.15, 0.2) is 12.4 Å². The van der Waals surface area contributed by atoms with E-state index in [0.717, 1.165) is 25.5 Å². The zero-order valence-corrected chi connectivity index (χ0v) is 8.31. The van der Waals surface area contributed by atoms with Gasteiger partial charge in [0.2, 0.25) is 0 Å². The van der Waals surface area contributed by atoms with Crippen molar-refractivity contribution in [3.63, 3.8) is 0 Å². The van der Waals surface area contributed by atoms with Gasteiger partial charge in [-0.3, -0.25) is 5.84 Å². The van der Waals surface area contributed by atoms with E-state index in [1.54, 1.807) is 6.20 Å². The van der Waals surface area contributed by atoms with Crippen molar-refractivity contribution in [2.75, 3.05) is 13.2 Å². The summed E-state index contributed by atoms with van der Waals surface area (Å²) in [6, 6.07) is 0.0949. The quantitative estimate of drug-likeness (QED) is 0.526. The molecule has 0 amide bonds. The predicted octanol–water partition coefficient (Wildman–Crippen LogP) is -0.0390. The summed E-state index contributed by atoms with van der Waals surface area (Å²) in [4.78, 5) is 4.30. The first-order chi connectivity index (χ1) is 6.83. The lowest BCUT2D eigenvalue weighted by Crippen LogP contribution is -2.35. The molecule has 1 aromatic heterocycles. The first-order valence-corrected chi connectivity index (χ1v) is 4.84. The molecule has 2 unspecified atom stereocenters. The number of ether oxygens (including phenoxy) is 1. The molecule has 5 heteroatoms. The fraction of sp³-hybridized carbons (Fsp3) is 0.667. The Morgan fingerprint density at radius 3 is 3.14 bits per heavy atom. The van der Waals surface area contributed by atoms with Gasteiger partial charge >= 0.3 is 0 Å². The Morgan fingerprint density at radius 1 is 1.79 bits per heavy atom. The minimum atomic E-state index is 0.0949. The lowest BCUT2D eigenvalue weighted by Gasteiger charge is -2.20. The van der Waals surface area contributed by atoms with Gasteiger partial charge in [0.15, 0.2) is 0 Å². The van der Waals surface area contributed by atoms with E-state index >= 15 is 0 Å². The van der Waals surface area contributed by atoms with Gasteiger partial charge in [0, 0.05) is 32.0 Å². The molecule has 1 aliphatic heterocycles. The number of hydrogen-bond donors (Lipinski definition) is 2. The summed E-state index contributed by atoms with van der Waals surface area (Å²) in [5.41, 5.74) is 2.82. The third-order valence-electron chi connectivity index (χ3n) is 2.75. The zero-order chi connectivity index (χ0) is 9.97. The minimum absolute atomic E-state index is 0.0949. The van der Waals surface area contributed by atoms with Crippen LogP contribution in [0.5, 0.6) is 0 Å². The highest BCUT2D eigenvalue weighted by Crippen LogP contribution is 2.26. The number of aromatic nitrogens is 2. The molecule has 0 aliphatic carbocycles. The summed E-state index contributed by atoms with van der Waals surface area (Å²) >= 11 is 0. The van der Waals surface area contributed by atoms with Gasteiger partial charge in [0.05, 0.1) is 12.6 Å². The Hall–Kier alpha value is -0.910. The van der Waals surface area contributed by atoms with Gasteiger partial charge in [0.1, 0.15) is 5.82 Å². The molecule has 14 heavy (non-hydrogen) atoms. The summed E-state index contributed by atoms with van der Waals surface area (Å²) in [7, 11) is 1.97. The monoisotopic (exact) mass is 196 g/mol. The van der Waals surface area contributed by atoms with Crippen LogP contribution in [0.4, 0.5) is 0 Å². The van der Waals surface area contributed by atoms with Crippen molar-refractivity contribution >= 4 is 0 Å². The lowest BCUT2D eigenvalue weighted by atomic mass is 9.99. The highest BCUT2D eigenvalue weighted by molar-refractivity contribution is 5.01. The Bertz CT molecular complexity index is 293. The Morgan fingerprint density at radius 2 is 2.64 bits per heavy atom. The van der Waals surface area contributed by atoms with E-state index in [1.807, 2.05) is 17.8 Å². The average Bonchev–Trinajstić information content (AvgIpc) is 2.80. The number of rotatable bonds is 3. The molecule has 78 valence electrons. The van der Waals surface area contributed by atoms with Crippen LogP contribution in [0.3, 0.4) is 0 Å². The standard InChI is InChI=1S/C9H16N4O/c1-13-4-3-11-9(13)8(12-10)7-2-5-14-6-7/h3-4,7-8,12H,2,5-6,10H2,1H3. The number of aryl methyl sites for hydroxylation is 1. The van der Waals surface area contributed by atoms with Crippen LogP contribution in [-0.4, -0.2) is 22.8 Å². The molecule has 5 nitrogen and oxygen atoms in total. The molecule has 0 saturated carbocycles. The van der Waals surface area contributed by atoms with Crippen LogP contribution in [-0.2, 0) is 11.8 Å². The van der Waals surface area contributed by atoms with Crippen LogP contribution in [0.1, 0.15) is 18.3 Å². The molecule has 1 aliphatic rings. The summed E-state index contributed by atoms with van der Waals surface area (Å²) < 4.78 is 7.33. The Labute approximate surface area is 83.2 Å². The third kappa shape index (κ3) is 1.66. The van der Waals surface area contributed by atoms with Gasteiger partial charge in [-0.05, 0) is 6.42 Å². The second-order valence-electron chi connectivity index (χ2n) is 3.66. The topological polar surface area (TPSA) is 65.1 Å². The fourth-order valence-electron chi connectivity index (χ4n) is 1.91. The van der Waals surface area contributed by atoms with Crippen molar-refractivity contribution in [1.82, 2.24) is 15.0 Å². The first kappa shape index (κ1) is 9.64.